The fraction of sp³-hybridized carbons (Fsp3) is 0.150. The summed E-state index contributed by atoms with van der Waals surface area (Å²) in [4.78, 5) is 7.93. The minimum atomic E-state index is 0.721. The van der Waals surface area contributed by atoms with Gasteiger partial charge in [-0.2, -0.15) is 0 Å². The fourth-order valence-corrected chi connectivity index (χ4v) is 3.16. The van der Waals surface area contributed by atoms with Gasteiger partial charge in [0.25, 0.3) is 0 Å². The summed E-state index contributed by atoms with van der Waals surface area (Å²) >= 11 is 0. The second kappa shape index (κ2) is 5.89. The van der Waals surface area contributed by atoms with Crippen molar-refractivity contribution in [3.8, 4) is 11.5 Å². The number of hydrogen-bond acceptors (Lipinski definition) is 3. The maximum Gasteiger partial charge on any atom is 0.161 e. The van der Waals surface area contributed by atoms with Gasteiger partial charge in [-0.05, 0) is 35.2 Å². The first-order valence-electron chi connectivity index (χ1n) is 7.85. The number of para-hydroxylation sites is 1. The summed E-state index contributed by atoms with van der Waals surface area (Å²) < 4.78 is 10.8. The number of aromatic nitrogens is 2. The zero-order chi connectivity index (χ0) is 16.5. The van der Waals surface area contributed by atoms with Crippen molar-refractivity contribution >= 4 is 21.7 Å². The zero-order valence-corrected chi connectivity index (χ0v) is 13.7. The number of pyridine rings is 1. The molecule has 4 rings (SSSR count). The number of aromatic amines is 1. The van der Waals surface area contributed by atoms with Gasteiger partial charge in [0, 0.05) is 35.1 Å². The number of hydrogen-bond donors (Lipinski definition) is 1. The lowest BCUT2D eigenvalue weighted by atomic mass is 10.0. The summed E-state index contributed by atoms with van der Waals surface area (Å²) in [5.74, 6) is 1.45. The average molecular weight is 318 g/mol. The smallest absolute Gasteiger partial charge is 0.161 e. The molecule has 0 saturated carbocycles. The Labute approximate surface area is 140 Å². The number of rotatable bonds is 4. The van der Waals surface area contributed by atoms with Crippen molar-refractivity contribution < 1.29 is 9.47 Å². The van der Waals surface area contributed by atoms with Crippen molar-refractivity contribution in [2.75, 3.05) is 14.2 Å². The molecule has 0 saturated heterocycles. The fourth-order valence-electron chi connectivity index (χ4n) is 3.16. The molecule has 24 heavy (non-hydrogen) atoms. The minimum Gasteiger partial charge on any atom is -0.493 e. The first-order valence-corrected chi connectivity index (χ1v) is 7.85. The van der Waals surface area contributed by atoms with Crippen LogP contribution in [0.5, 0.6) is 11.5 Å². The van der Waals surface area contributed by atoms with Crippen molar-refractivity contribution in [2.24, 2.45) is 0 Å². The molecule has 0 aliphatic heterocycles. The molecule has 0 amide bonds. The number of nitrogens with one attached hydrogen (secondary N) is 1. The van der Waals surface area contributed by atoms with Gasteiger partial charge in [-0.3, -0.25) is 4.98 Å². The summed E-state index contributed by atoms with van der Waals surface area (Å²) in [7, 11) is 3.30. The van der Waals surface area contributed by atoms with Crippen LogP contribution in [0.4, 0.5) is 0 Å². The average Bonchev–Trinajstić information content (AvgIpc) is 3.04. The molecule has 1 N–H and O–H groups in total. The van der Waals surface area contributed by atoms with Gasteiger partial charge >= 0.3 is 0 Å². The third-order valence-corrected chi connectivity index (χ3v) is 4.38. The lowest BCUT2D eigenvalue weighted by molar-refractivity contribution is 0.356. The summed E-state index contributed by atoms with van der Waals surface area (Å²) in [6.45, 7) is 0. The lowest BCUT2D eigenvalue weighted by Gasteiger charge is -2.11. The van der Waals surface area contributed by atoms with Crippen LogP contribution >= 0.6 is 0 Å². The van der Waals surface area contributed by atoms with Crippen molar-refractivity contribution in [2.45, 2.75) is 6.42 Å². The summed E-state index contributed by atoms with van der Waals surface area (Å²) in [5.41, 5.74) is 3.41. The Morgan fingerprint density at radius 3 is 2.58 bits per heavy atom. The number of fused-ring (bicyclic) bond motifs is 2. The second-order valence-electron chi connectivity index (χ2n) is 5.72. The van der Waals surface area contributed by atoms with E-state index in [1.807, 2.05) is 30.5 Å². The molecule has 120 valence electrons. The molecule has 0 spiro atoms. The summed E-state index contributed by atoms with van der Waals surface area (Å²) in [6, 6.07) is 14.3. The van der Waals surface area contributed by atoms with E-state index < -0.39 is 0 Å². The van der Waals surface area contributed by atoms with Gasteiger partial charge in [-0.1, -0.05) is 18.2 Å². The van der Waals surface area contributed by atoms with Gasteiger partial charge in [0.05, 0.1) is 19.9 Å². The molecule has 0 aliphatic carbocycles. The van der Waals surface area contributed by atoms with Crippen LogP contribution in [0.1, 0.15) is 11.3 Å². The van der Waals surface area contributed by atoms with E-state index in [4.69, 9.17) is 9.47 Å². The molecule has 0 fully saturated rings. The molecule has 2 heterocycles. The van der Waals surface area contributed by atoms with E-state index in [2.05, 4.69) is 34.4 Å². The molecule has 0 atom stereocenters. The Morgan fingerprint density at radius 1 is 0.958 bits per heavy atom. The molecule has 4 heteroatoms. The molecular weight excluding hydrogens is 300 g/mol. The van der Waals surface area contributed by atoms with Crippen molar-refractivity contribution in [3.05, 3.63) is 66.1 Å². The van der Waals surface area contributed by atoms with Gasteiger partial charge in [0.2, 0.25) is 0 Å². The highest BCUT2D eigenvalue weighted by molar-refractivity contribution is 5.89. The van der Waals surface area contributed by atoms with E-state index in [0.717, 1.165) is 39.9 Å². The van der Waals surface area contributed by atoms with Crippen LogP contribution in [-0.4, -0.2) is 24.2 Å². The SMILES string of the molecule is COc1cc2ccnc(Cc3c[nH]c4ccccc34)c2cc1OC. The predicted octanol–water partition coefficient (Wildman–Crippen LogP) is 4.32. The Hall–Kier alpha value is -3.01. The lowest BCUT2D eigenvalue weighted by Crippen LogP contribution is -1.96. The normalized spacial score (nSPS) is 11.1. The van der Waals surface area contributed by atoms with Gasteiger partial charge in [-0.25, -0.2) is 0 Å². The van der Waals surface area contributed by atoms with E-state index in [1.165, 1.54) is 10.9 Å². The second-order valence-corrected chi connectivity index (χ2v) is 5.72. The first-order chi connectivity index (χ1) is 11.8. The Kier molecular flexibility index (Phi) is 3.58. The van der Waals surface area contributed by atoms with E-state index in [1.54, 1.807) is 14.2 Å². The molecule has 4 aromatic rings. The van der Waals surface area contributed by atoms with Crippen LogP contribution in [0.25, 0.3) is 21.7 Å². The van der Waals surface area contributed by atoms with Crippen molar-refractivity contribution in [1.29, 1.82) is 0 Å². The monoisotopic (exact) mass is 318 g/mol. The summed E-state index contributed by atoms with van der Waals surface area (Å²) in [6.07, 6.45) is 4.67. The van der Waals surface area contributed by atoms with E-state index in [9.17, 15) is 0 Å². The topological polar surface area (TPSA) is 47.1 Å². The van der Waals surface area contributed by atoms with Crippen LogP contribution in [0, 0.1) is 0 Å². The Morgan fingerprint density at radius 2 is 1.75 bits per heavy atom. The minimum absolute atomic E-state index is 0.721. The van der Waals surface area contributed by atoms with E-state index in [-0.39, 0.29) is 0 Å². The quantitative estimate of drug-likeness (QED) is 0.609. The molecule has 0 unspecified atom stereocenters. The van der Waals surface area contributed by atoms with Gasteiger partial charge < -0.3 is 14.5 Å². The summed E-state index contributed by atoms with van der Waals surface area (Å²) in [5, 5.41) is 3.41. The molecule has 0 radical (unpaired) electrons. The Bertz CT molecular complexity index is 1020. The molecular formula is C20H18N2O2. The number of benzene rings is 2. The maximum absolute atomic E-state index is 5.45. The van der Waals surface area contributed by atoms with Crippen LogP contribution < -0.4 is 9.47 Å². The van der Waals surface area contributed by atoms with E-state index >= 15 is 0 Å². The van der Waals surface area contributed by atoms with E-state index in [0.29, 0.717) is 0 Å². The molecule has 0 bridgehead atoms. The van der Waals surface area contributed by atoms with Gasteiger partial charge in [-0.15, -0.1) is 0 Å². The van der Waals surface area contributed by atoms with Crippen molar-refractivity contribution in [3.63, 3.8) is 0 Å². The highest BCUT2D eigenvalue weighted by atomic mass is 16.5. The molecule has 0 aliphatic rings. The maximum atomic E-state index is 5.45. The highest BCUT2D eigenvalue weighted by Crippen LogP contribution is 2.34. The Balaban J connectivity index is 1.84. The van der Waals surface area contributed by atoms with Crippen LogP contribution in [0.3, 0.4) is 0 Å². The molecule has 2 aromatic carbocycles. The van der Waals surface area contributed by atoms with Crippen LogP contribution in [-0.2, 0) is 6.42 Å². The van der Waals surface area contributed by atoms with Gasteiger partial charge in [0.15, 0.2) is 11.5 Å². The first kappa shape index (κ1) is 14.6. The standard InChI is InChI=1S/C20H18N2O2/c1-23-19-10-13-7-8-21-18(16(13)11-20(19)24-2)9-14-12-22-17-6-4-3-5-15(14)17/h3-8,10-12,22H,9H2,1-2H3. The largest absolute Gasteiger partial charge is 0.493 e. The number of nitrogens with zero attached hydrogens (tertiary/aromatic N) is 1. The molecule has 2 aromatic heterocycles. The number of methoxy groups -OCH3 is 2. The van der Waals surface area contributed by atoms with Crippen LogP contribution in [0.2, 0.25) is 0 Å². The third kappa shape index (κ3) is 2.36. The number of H-pyrrole nitrogens is 1. The van der Waals surface area contributed by atoms with Crippen molar-refractivity contribution in [1.82, 2.24) is 9.97 Å². The number of ether oxygens (including phenoxy) is 2. The predicted molar refractivity (Wildman–Crippen MR) is 96.0 cm³/mol. The third-order valence-electron chi connectivity index (χ3n) is 4.38. The zero-order valence-electron chi connectivity index (χ0n) is 13.7. The van der Waals surface area contributed by atoms with Gasteiger partial charge in [0.1, 0.15) is 0 Å². The molecule has 4 nitrogen and oxygen atoms in total. The van der Waals surface area contributed by atoms with Crippen LogP contribution in [0.15, 0.2) is 54.9 Å². The highest BCUT2D eigenvalue weighted by Gasteiger charge is 2.12.